The van der Waals surface area contributed by atoms with Gasteiger partial charge in [-0.2, -0.15) is 0 Å². The van der Waals surface area contributed by atoms with Gasteiger partial charge in [-0.25, -0.2) is 0 Å². The summed E-state index contributed by atoms with van der Waals surface area (Å²) in [6.07, 6.45) is 85.3. The highest BCUT2D eigenvalue weighted by Crippen LogP contribution is 2.19. The lowest BCUT2D eigenvalue weighted by Crippen LogP contribution is -2.30. The zero-order valence-corrected chi connectivity index (χ0v) is 54.4. The number of unbranched alkanes of at least 4 members (excludes halogenated alkanes) is 53. The Morgan fingerprint density at radius 1 is 0.237 bits per heavy atom. The van der Waals surface area contributed by atoms with Crippen molar-refractivity contribution in [3.05, 3.63) is 24.3 Å². The Kier molecular flexibility index (Phi) is 67.6. The summed E-state index contributed by atoms with van der Waals surface area (Å²) < 4.78 is 16.9. The molecule has 80 heavy (non-hydrogen) atoms. The van der Waals surface area contributed by atoms with Gasteiger partial charge in [-0.3, -0.25) is 14.4 Å². The van der Waals surface area contributed by atoms with Crippen molar-refractivity contribution in [2.24, 2.45) is 0 Å². The minimum Gasteiger partial charge on any atom is -0.462 e. The predicted molar refractivity (Wildman–Crippen MR) is 349 cm³/mol. The van der Waals surface area contributed by atoms with Crippen molar-refractivity contribution in [2.45, 2.75) is 419 Å². The first-order valence-electron chi connectivity index (χ1n) is 36.3. The second-order valence-electron chi connectivity index (χ2n) is 24.9. The molecule has 0 rings (SSSR count). The first kappa shape index (κ1) is 77.9. The van der Waals surface area contributed by atoms with Crippen LogP contribution in [0.1, 0.15) is 412 Å². The summed E-state index contributed by atoms with van der Waals surface area (Å²) in [5.74, 6) is -0.848. The summed E-state index contributed by atoms with van der Waals surface area (Å²) >= 11 is 0. The third-order valence-corrected chi connectivity index (χ3v) is 16.7. The molecule has 0 bridgehead atoms. The van der Waals surface area contributed by atoms with Crippen LogP contribution in [0.15, 0.2) is 24.3 Å². The summed E-state index contributed by atoms with van der Waals surface area (Å²) in [4.78, 5) is 38.3. The molecule has 0 heterocycles. The molecule has 1 atom stereocenters. The molecule has 0 spiro atoms. The van der Waals surface area contributed by atoms with Crippen molar-refractivity contribution in [3.8, 4) is 0 Å². The van der Waals surface area contributed by atoms with E-state index in [0.717, 1.165) is 64.2 Å². The molecule has 472 valence electrons. The summed E-state index contributed by atoms with van der Waals surface area (Å²) in [7, 11) is 0. The van der Waals surface area contributed by atoms with Crippen LogP contribution in [-0.4, -0.2) is 37.2 Å². The lowest BCUT2D eigenvalue weighted by molar-refractivity contribution is -0.167. The Labute approximate surface area is 500 Å². The molecule has 0 saturated carbocycles. The van der Waals surface area contributed by atoms with Gasteiger partial charge in [0.1, 0.15) is 13.2 Å². The standard InChI is InChI=1S/C74H140O6/c1-4-7-10-13-16-19-22-24-26-28-29-30-31-32-33-34-35-36-37-38-39-40-41-42-43-44-45-46-48-49-52-55-58-61-64-67-73(76)79-70-71(69-78-72(75)66-63-60-57-54-51-21-18-15-12-9-6-3)80-74(77)68-65-62-59-56-53-50-47-27-25-23-20-17-14-11-8-5-2/h15,18,28-29,71H,4-14,16-17,19-27,30-70H2,1-3H3/b18-15-,29-28-. The molecule has 6 nitrogen and oxygen atoms in total. The average Bonchev–Trinajstić information content (AvgIpc) is 3.46. The van der Waals surface area contributed by atoms with Gasteiger partial charge in [0.15, 0.2) is 6.10 Å². The second-order valence-corrected chi connectivity index (χ2v) is 24.9. The molecule has 1 unspecified atom stereocenters. The van der Waals surface area contributed by atoms with E-state index in [0.29, 0.717) is 19.3 Å². The van der Waals surface area contributed by atoms with Gasteiger partial charge in [0.05, 0.1) is 0 Å². The van der Waals surface area contributed by atoms with Crippen molar-refractivity contribution in [3.63, 3.8) is 0 Å². The maximum Gasteiger partial charge on any atom is 0.306 e. The van der Waals surface area contributed by atoms with Crippen LogP contribution in [0.25, 0.3) is 0 Å². The predicted octanol–water partition coefficient (Wildman–Crippen LogP) is 25.0. The van der Waals surface area contributed by atoms with Crippen molar-refractivity contribution in [2.75, 3.05) is 13.2 Å². The second kappa shape index (κ2) is 69.4. The van der Waals surface area contributed by atoms with Gasteiger partial charge in [0.2, 0.25) is 0 Å². The average molecular weight is 1130 g/mol. The van der Waals surface area contributed by atoms with Crippen LogP contribution in [0.5, 0.6) is 0 Å². The number of allylic oxidation sites excluding steroid dienone is 4. The van der Waals surface area contributed by atoms with Gasteiger partial charge >= 0.3 is 17.9 Å². The lowest BCUT2D eigenvalue weighted by atomic mass is 10.0. The fourth-order valence-electron chi connectivity index (χ4n) is 11.2. The maximum atomic E-state index is 12.9. The molecule has 0 aliphatic carbocycles. The summed E-state index contributed by atoms with van der Waals surface area (Å²) in [5, 5.41) is 0. The van der Waals surface area contributed by atoms with E-state index in [1.54, 1.807) is 0 Å². The first-order valence-corrected chi connectivity index (χ1v) is 36.3. The van der Waals surface area contributed by atoms with E-state index in [9.17, 15) is 14.4 Å². The summed E-state index contributed by atoms with van der Waals surface area (Å²) in [5.41, 5.74) is 0. The van der Waals surface area contributed by atoms with E-state index >= 15 is 0 Å². The molecule has 6 heteroatoms. The van der Waals surface area contributed by atoms with Gasteiger partial charge in [0.25, 0.3) is 0 Å². The number of ether oxygens (including phenoxy) is 3. The third kappa shape index (κ3) is 66.7. The normalized spacial score (nSPS) is 12.1. The number of esters is 3. The van der Waals surface area contributed by atoms with Gasteiger partial charge in [-0.1, -0.05) is 353 Å². The van der Waals surface area contributed by atoms with E-state index < -0.39 is 6.10 Å². The van der Waals surface area contributed by atoms with Crippen molar-refractivity contribution >= 4 is 17.9 Å². The smallest absolute Gasteiger partial charge is 0.306 e. The largest absolute Gasteiger partial charge is 0.462 e. The molecule has 0 fully saturated rings. The number of carbonyl (C=O) groups excluding carboxylic acids is 3. The van der Waals surface area contributed by atoms with Gasteiger partial charge < -0.3 is 14.2 Å². The van der Waals surface area contributed by atoms with Crippen LogP contribution in [0.4, 0.5) is 0 Å². The summed E-state index contributed by atoms with van der Waals surface area (Å²) in [6, 6.07) is 0. The highest BCUT2D eigenvalue weighted by atomic mass is 16.6. The van der Waals surface area contributed by atoms with Gasteiger partial charge in [-0.05, 0) is 64.2 Å². The van der Waals surface area contributed by atoms with E-state index in [4.69, 9.17) is 14.2 Å². The SMILES string of the molecule is CCCC/C=C\CCCCCCCC(=O)OCC(COC(=O)CCCCCCCCCCCCCCCCCCCCCCCCC/C=C\CCCCCCCCCC)OC(=O)CCCCCCCCCCCCCCCCCC. The molecule has 0 N–H and O–H groups in total. The number of carbonyl (C=O) groups is 3. The monoisotopic (exact) mass is 1130 g/mol. The number of hydrogen-bond donors (Lipinski definition) is 0. The molecule has 0 saturated heterocycles. The Morgan fingerprint density at radius 2 is 0.425 bits per heavy atom. The van der Waals surface area contributed by atoms with Crippen LogP contribution in [0.2, 0.25) is 0 Å². The molecular weight excluding hydrogens is 985 g/mol. The first-order chi connectivity index (χ1) is 39.5. The van der Waals surface area contributed by atoms with E-state index in [1.165, 1.54) is 308 Å². The zero-order valence-electron chi connectivity index (χ0n) is 54.4. The molecule has 0 aromatic rings. The van der Waals surface area contributed by atoms with Crippen LogP contribution < -0.4 is 0 Å². The Morgan fingerprint density at radius 3 is 0.662 bits per heavy atom. The highest BCUT2D eigenvalue weighted by molar-refractivity contribution is 5.71. The van der Waals surface area contributed by atoms with Crippen molar-refractivity contribution in [1.82, 2.24) is 0 Å². The number of hydrogen-bond acceptors (Lipinski definition) is 6. The fraction of sp³-hybridized carbons (Fsp3) is 0.905. The highest BCUT2D eigenvalue weighted by Gasteiger charge is 2.19. The van der Waals surface area contributed by atoms with Crippen molar-refractivity contribution < 1.29 is 28.6 Å². The molecule has 0 aromatic heterocycles. The topological polar surface area (TPSA) is 78.9 Å². The van der Waals surface area contributed by atoms with Crippen LogP contribution in [0, 0.1) is 0 Å². The third-order valence-electron chi connectivity index (χ3n) is 16.7. The molecule has 0 aliphatic heterocycles. The van der Waals surface area contributed by atoms with E-state index in [-0.39, 0.29) is 31.1 Å². The number of rotatable bonds is 68. The Bertz CT molecular complexity index is 1290. The minimum atomic E-state index is -0.770. The molecule has 0 amide bonds. The van der Waals surface area contributed by atoms with Crippen LogP contribution >= 0.6 is 0 Å². The van der Waals surface area contributed by atoms with E-state index in [1.807, 2.05) is 0 Å². The van der Waals surface area contributed by atoms with Crippen LogP contribution in [0.3, 0.4) is 0 Å². The quantitative estimate of drug-likeness (QED) is 0.0261. The zero-order chi connectivity index (χ0) is 57.8. The fourth-order valence-corrected chi connectivity index (χ4v) is 11.2. The summed E-state index contributed by atoms with van der Waals surface area (Å²) in [6.45, 7) is 6.67. The molecule has 0 aromatic carbocycles. The van der Waals surface area contributed by atoms with Crippen LogP contribution in [-0.2, 0) is 28.6 Å². The van der Waals surface area contributed by atoms with Gasteiger partial charge in [0, 0.05) is 19.3 Å². The lowest BCUT2D eigenvalue weighted by Gasteiger charge is -2.18. The minimum absolute atomic E-state index is 0.0672. The Balaban J connectivity index is 4.00. The molecular formula is C74H140O6. The maximum absolute atomic E-state index is 12.9. The van der Waals surface area contributed by atoms with E-state index in [2.05, 4.69) is 45.1 Å². The van der Waals surface area contributed by atoms with Crippen molar-refractivity contribution in [1.29, 1.82) is 0 Å². The van der Waals surface area contributed by atoms with Gasteiger partial charge in [-0.15, -0.1) is 0 Å². The molecule has 0 radical (unpaired) electrons. The molecule has 0 aliphatic rings. The Hall–Kier alpha value is -2.11.